The molecule has 0 radical (unpaired) electrons. The minimum atomic E-state index is -0.192. The van der Waals surface area contributed by atoms with Crippen molar-refractivity contribution in [1.29, 1.82) is 0 Å². The van der Waals surface area contributed by atoms with Gasteiger partial charge in [-0.1, -0.05) is 42.2 Å². The number of ether oxygens (including phenoxy) is 1. The van der Waals surface area contributed by atoms with Crippen LogP contribution in [0.5, 0.6) is 0 Å². The van der Waals surface area contributed by atoms with E-state index in [4.69, 9.17) is 17.0 Å². The maximum absolute atomic E-state index is 12.8. The highest BCUT2D eigenvalue weighted by Gasteiger charge is 2.35. The van der Waals surface area contributed by atoms with Crippen LogP contribution in [0.2, 0.25) is 0 Å². The van der Waals surface area contributed by atoms with Crippen LogP contribution in [0.1, 0.15) is 24.1 Å². The van der Waals surface area contributed by atoms with E-state index in [1.807, 2.05) is 37.3 Å². The molecule has 1 amide bonds. The summed E-state index contributed by atoms with van der Waals surface area (Å²) in [5, 5.41) is 3.07. The van der Waals surface area contributed by atoms with Gasteiger partial charge >= 0.3 is 0 Å². The van der Waals surface area contributed by atoms with Crippen LogP contribution in [0.25, 0.3) is 11.8 Å². The number of rotatable bonds is 4. The molecule has 1 aromatic heterocycles. The van der Waals surface area contributed by atoms with E-state index in [2.05, 4.69) is 5.10 Å². The number of aromatic amines is 1. The lowest BCUT2D eigenvalue weighted by atomic mass is 10.2. The molecule has 4 rings (SSSR count). The first-order valence-corrected chi connectivity index (χ1v) is 10.0. The van der Waals surface area contributed by atoms with Crippen molar-refractivity contribution in [2.75, 3.05) is 13.2 Å². The molecule has 0 saturated carbocycles. The zero-order valence-corrected chi connectivity index (χ0v) is 16.4. The first kappa shape index (κ1) is 18.2. The molecule has 2 saturated heterocycles. The van der Waals surface area contributed by atoms with E-state index in [9.17, 15) is 9.59 Å². The summed E-state index contributed by atoms with van der Waals surface area (Å²) in [4.78, 5) is 27.7. The van der Waals surface area contributed by atoms with Gasteiger partial charge < -0.3 is 4.74 Å². The van der Waals surface area contributed by atoms with Crippen LogP contribution in [0.3, 0.4) is 0 Å². The van der Waals surface area contributed by atoms with Crippen LogP contribution in [0.15, 0.2) is 40.0 Å². The van der Waals surface area contributed by atoms with E-state index in [1.165, 1.54) is 16.4 Å². The van der Waals surface area contributed by atoms with Crippen molar-refractivity contribution in [2.45, 2.75) is 25.9 Å². The van der Waals surface area contributed by atoms with E-state index >= 15 is 0 Å². The fourth-order valence-corrected chi connectivity index (χ4v) is 4.53. The van der Waals surface area contributed by atoms with E-state index in [-0.39, 0.29) is 17.6 Å². The summed E-state index contributed by atoms with van der Waals surface area (Å²) in [6.45, 7) is 3.03. The number of carbonyl (C=O) groups excluding carboxylic acids is 1. The average Bonchev–Trinajstić information content (AvgIpc) is 3.35. The van der Waals surface area contributed by atoms with Crippen molar-refractivity contribution in [3.63, 3.8) is 0 Å². The fourth-order valence-electron chi connectivity index (χ4n) is 3.27. The Labute approximate surface area is 166 Å². The number of hydrogen-bond donors (Lipinski definition) is 1. The molecule has 0 bridgehead atoms. The van der Waals surface area contributed by atoms with E-state index < -0.39 is 0 Å². The summed E-state index contributed by atoms with van der Waals surface area (Å²) < 4.78 is 7.61. The Morgan fingerprint density at radius 1 is 1.33 bits per heavy atom. The lowest BCUT2D eigenvalue weighted by Crippen LogP contribution is -2.35. The molecule has 27 heavy (non-hydrogen) atoms. The van der Waals surface area contributed by atoms with Crippen LogP contribution in [-0.2, 0) is 9.53 Å². The van der Waals surface area contributed by atoms with Crippen LogP contribution in [0, 0.1) is 6.92 Å². The second-order valence-electron chi connectivity index (χ2n) is 6.55. The molecule has 2 aliphatic rings. The SMILES string of the molecule is Cc1[nH]n(-c2ccccc2)c(=O)c1/C=C1\SC(=S)N(CC2CCCO2)C1=O. The van der Waals surface area contributed by atoms with E-state index in [0.717, 1.165) is 25.1 Å². The second-order valence-corrected chi connectivity index (χ2v) is 8.23. The largest absolute Gasteiger partial charge is 0.376 e. The maximum Gasteiger partial charge on any atom is 0.278 e. The molecule has 2 aromatic rings. The number of thiocarbonyl (C=S) groups is 1. The van der Waals surface area contributed by atoms with Crippen LogP contribution < -0.4 is 5.56 Å². The molecule has 8 heteroatoms. The summed E-state index contributed by atoms with van der Waals surface area (Å²) in [6, 6.07) is 9.33. The number of amides is 1. The Bertz CT molecular complexity index is 972. The highest BCUT2D eigenvalue weighted by Crippen LogP contribution is 2.33. The number of carbonyl (C=O) groups is 1. The highest BCUT2D eigenvalue weighted by molar-refractivity contribution is 8.26. The standard InChI is InChI=1S/C19H19N3O3S2/c1-12-15(17(23)22(20-12)13-6-3-2-4-7-13)10-16-18(24)21(19(26)27-16)11-14-8-5-9-25-14/h2-4,6-7,10,14,20H,5,8-9,11H2,1H3/b16-10-. The molecule has 1 aromatic carbocycles. The van der Waals surface area contributed by atoms with Gasteiger partial charge in [0.2, 0.25) is 0 Å². The number of benzene rings is 1. The molecule has 0 aliphatic carbocycles. The van der Waals surface area contributed by atoms with Gasteiger partial charge in [-0.15, -0.1) is 0 Å². The summed E-state index contributed by atoms with van der Waals surface area (Å²) in [6.07, 6.45) is 3.63. The fraction of sp³-hybridized carbons (Fsp3) is 0.316. The third-order valence-corrected chi connectivity index (χ3v) is 6.07. The number of nitrogens with zero attached hydrogens (tertiary/aromatic N) is 2. The highest BCUT2D eigenvalue weighted by atomic mass is 32.2. The molecule has 1 N–H and O–H groups in total. The number of hydrogen-bond acceptors (Lipinski definition) is 5. The molecule has 3 heterocycles. The lowest BCUT2D eigenvalue weighted by Gasteiger charge is -2.18. The van der Waals surface area contributed by atoms with Gasteiger partial charge in [-0.2, -0.15) is 0 Å². The molecule has 2 aliphatic heterocycles. The molecule has 1 atom stereocenters. The maximum atomic E-state index is 12.8. The number of aryl methyl sites for hydroxylation is 1. The van der Waals surface area contributed by atoms with Crippen molar-refractivity contribution in [2.24, 2.45) is 0 Å². The zero-order valence-electron chi connectivity index (χ0n) is 14.8. The zero-order chi connectivity index (χ0) is 19.0. The number of para-hydroxylation sites is 1. The molecule has 0 spiro atoms. The van der Waals surface area contributed by atoms with Crippen LogP contribution in [-0.4, -0.2) is 44.2 Å². The van der Waals surface area contributed by atoms with Gasteiger partial charge in [-0.3, -0.25) is 19.6 Å². The summed E-state index contributed by atoms with van der Waals surface area (Å²) in [5.74, 6) is -0.160. The van der Waals surface area contributed by atoms with Crippen molar-refractivity contribution in [3.8, 4) is 5.69 Å². The van der Waals surface area contributed by atoms with Gasteiger partial charge in [-0.25, -0.2) is 4.68 Å². The van der Waals surface area contributed by atoms with Gasteiger partial charge in [0.1, 0.15) is 4.32 Å². The monoisotopic (exact) mass is 401 g/mol. The molecule has 6 nitrogen and oxygen atoms in total. The molecular weight excluding hydrogens is 382 g/mol. The molecule has 1 unspecified atom stereocenters. The molecule has 2 fully saturated rings. The Morgan fingerprint density at radius 2 is 2.11 bits per heavy atom. The number of aromatic nitrogens is 2. The molecular formula is C19H19N3O3S2. The Kier molecular flexibility index (Phi) is 5.03. The normalized spacial score (nSPS) is 21.6. The predicted molar refractivity (Wildman–Crippen MR) is 110 cm³/mol. The smallest absolute Gasteiger partial charge is 0.278 e. The number of H-pyrrole nitrogens is 1. The summed E-state index contributed by atoms with van der Waals surface area (Å²) in [7, 11) is 0. The Balaban J connectivity index is 1.62. The second kappa shape index (κ2) is 7.46. The number of nitrogens with one attached hydrogen (secondary N) is 1. The predicted octanol–water partition coefficient (Wildman–Crippen LogP) is 2.85. The Hall–Kier alpha value is -2.16. The first-order valence-electron chi connectivity index (χ1n) is 8.78. The quantitative estimate of drug-likeness (QED) is 0.630. The van der Waals surface area contributed by atoms with Crippen molar-refractivity contribution in [1.82, 2.24) is 14.7 Å². The summed E-state index contributed by atoms with van der Waals surface area (Å²) in [5.41, 5.74) is 1.73. The molecule has 140 valence electrons. The lowest BCUT2D eigenvalue weighted by molar-refractivity contribution is -0.123. The topological polar surface area (TPSA) is 67.3 Å². The van der Waals surface area contributed by atoms with Crippen molar-refractivity contribution < 1.29 is 9.53 Å². The Morgan fingerprint density at radius 3 is 2.81 bits per heavy atom. The van der Waals surface area contributed by atoms with Crippen molar-refractivity contribution in [3.05, 3.63) is 56.8 Å². The first-order chi connectivity index (χ1) is 13.0. The van der Waals surface area contributed by atoms with E-state index in [0.29, 0.717) is 27.0 Å². The summed E-state index contributed by atoms with van der Waals surface area (Å²) >= 11 is 6.61. The average molecular weight is 402 g/mol. The van der Waals surface area contributed by atoms with Crippen LogP contribution in [0.4, 0.5) is 0 Å². The van der Waals surface area contributed by atoms with Crippen molar-refractivity contribution >= 4 is 40.3 Å². The minimum Gasteiger partial charge on any atom is -0.376 e. The number of thioether (sulfide) groups is 1. The van der Waals surface area contributed by atoms with Crippen LogP contribution >= 0.6 is 24.0 Å². The van der Waals surface area contributed by atoms with Gasteiger partial charge in [0.25, 0.3) is 11.5 Å². The van der Waals surface area contributed by atoms with Gasteiger partial charge in [0.05, 0.1) is 28.8 Å². The minimum absolute atomic E-state index is 0.0381. The van der Waals surface area contributed by atoms with E-state index in [1.54, 1.807) is 11.0 Å². The van der Waals surface area contributed by atoms with Gasteiger partial charge in [0, 0.05) is 12.3 Å². The third-order valence-electron chi connectivity index (χ3n) is 4.69. The van der Waals surface area contributed by atoms with Gasteiger partial charge in [0.15, 0.2) is 0 Å². The third kappa shape index (κ3) is 3.52. The van der Waals surface area contributed by atoms with Gasteiger partial charge in [-0.05, 0) is 38.0 Å².